The first-order valence-corrected chi connectivity index (χ1v) is 5.87. The van der Waals surface area contributed by atoms with Gasteiger partial charge in [-0.15, -0.1) is 0 Å². The molecule has 0 heterocycles. The molecule has 2 N–H and O–H groups in total. The average molecular weight is 218 g/mol. The first-order valence-electron chi connectivity index (χ1n) is 4.57. The Morgan fingerprint density at radius 1 is 0.857 bits per heavy atom. The summed E-state index contributed by atoms with van der Waals surface area (Å²) < 4.78 is 8.74. The Labute approximate surface area is 86.4 Å². The van der Waals surface area contributed by atoms with Gasteiger partial charge in [0.2, 0.25) is 0 Å². The van der Waals surface area contributed by atoms with E-state index >= 15 is 0 Å². The van der Waals surface area contributed by atoms with Gasteiger partial charge in [-0.2, -0.15) is 0 Å². The van der Waals surface area contributed by atoms with Crippen LogP contribution in [0.5, 0.6) is 0 Å². The van der Waals surface area contributed by atoms with Crippen molar-refractivity contribution in [1.29, 1.82) is 0 Å². The molecule has 82 valence electrons. The number of rotatable bonds is 1. The normalized spacial score (nSPS) is 8.07. The minimum atomic E-state index is -3.13. The predicted octanol–water partition coefficient (Wildman–Crippen LogP) is 2.85. The molecule has 0 fully saturated rings. The summed E-state index contributed by atoms with van der Waals surface area (Å²) in [6, 6.07) is 12.0. The molecule has 0 spiro atoms. The lowest BCUT2D eigenvalue weighted by Crippen LogP contribution is -1.47. The van der Waals surface area contributed by atoms with E-state index in [4.69, 9.17) is 14.4 Å². The summed E-state index contributed by atoms with van der Waals surface area (Å²) in [5.74, 6) is 0. The van der Waals surface area contributed by atoms with Crippen LogP contribution in [0.2, 0.25) is 0 Å². The van der Waals surface area contributed by atoms with Gasteiger partial charge in [0.05, 0.1) is 0 Å². The summed E-state index contributed by atoms with van der Waals surface area (Å²) in [5.41, 5.74) is 0. The first kappa shape index (κ1) is 15.8. The van der Waals surface area contributed by atoms with Gasteiger partial charge in [-0.3, -0.25) is 4.57 Å². The second-order valence-corrected chi connectivity index (χ2v) is 3.00. The minimum absolute atomic E-state index is 1.32. The topological polar surface area (TPSA) is 57.5 Å². The van der Waals surface area contributed by atoms with Gasteiger partial charge in [0, 0.05) is 0 Å². The zero-order valence-corrected chi connectivity index (χ0v) is 9.68. The van der Waals surface area contributed by atoms with E-state index in [9.17, 15) is 0 Å². The molecule has 0 amide bonds. The molecular weight excluding hydrogens is 199 g/mol. The third-order valence-electron chi connectivity index (χ3n) is 1.17. The van der Waals surface area contributed by atoms with Crippen LogP contribution in [0.3, 0.4) is 0 Å². The van der Waals surface area contributed by atoms with Crippen molar-refractivity contribution in [3.63, 3.8) is 0 Å². The van der Waals surface area contributed by atoms with E-state index in [-0.39, 0.29) is 0 Å². The Morgan fingerprint density at radius 3 is 1.07 bits per heavy atom. The fraction of sp³-hybridized carbons (Fsp3) is 0.400. The van der Waals surface area contributed by atoms with Crippen LogP contribution in [0.25, 0.3) is 0 Å². The summed E-state index contributed by atoms with van der Waals surface area (Å²) in [6.07, 6.45) is 2.64. The molecule has 0 radical (unpaired) electrons. The molecule has 0 aromatic heterocycles. The van der Waals surface area contributed by atoms with E-state index in [2.05, 4.69) is 13.8 Å². The highest BCUT2D eigenvalue weighted by Gasteiger charge is 1.61. The molecule has 0 atom stereocenters. The Balaban J connectivity index is 0. The first-order chi connectivity index (χ1) is 6.65. The van der Waals surface area contributed by atoms with E-state index < -0.39 is 8.25 Å². The van der Waals surface area contributed by atoms with Gasteiger partial charge in [-0.05, 0) is 0 Å². The molecule has 1 aromatic carbocycles. The maximum absolute atomic E-state index is 8.74. The Hall–Kier alpha value is -0.630. The number of hydrogen-bond acceptors (Lipinski definition) is 1. The van der Waals surface area contributed by atoms with E-state index in [1.807, 2.05) is 36.4 Å². The highest BCUT2D eigenvalue weighted by atomic mass is 31.1. The second kappa shape index (κ2) is 14.9. The van der Waals surface area contributed by atoms with Gasteiger partial charge in [0.25, 0.3) is 0 Å². The smallest absolute Gasteiger partial charge is 0.314 e. The standard InChI is InChI=1S/C6H6.C4H10.H3O3P/c1-2-4-6-5-3-1;1-3-4-2;1-4(2)3/h1-6H;3-4H2,1-2H3;4H,(H2,1,2,3). The zero-order chi connectivity index (χ0) is 11.2. The van der Waals surface area contributed by atoms with Crippen LogP contribution in [-0.2, 0) is 4.57 Å². The number of benzene rings is 1. The van der Waals surface area contributed by atoms with Crippen LogP contribution in [0.15, 0.2) is 36.4 Å². The number of hydrogen-bond donors (Lipinski definition) is 2. The molecule has 14 heavy (non-hydrogen) atoms. The van der Waals surface area contributed by atoms with Crippen molar-refractivity contribution in [3.05, 3.63) is 36.4 Å². The molecule has 0 unspecified atom stereocenters. The zero-order valence-electron chi connectivity index (χ0n) is 8.68. The van der Waals surface area contributed by atoms with Crippen molar-refractivity contribution >= 4 is 8.25 Å². The average Bonchev–Trinajstić information content (AvgIpc) is 2.20. The van der Waals surface area contributed by atoms with Crippen molar-refractivity contribution in [2.45, 2.75) is 26.7 Å². The van der Waals surface area contributed by atoms with Crippen LogP contribution < -0.4 is 0 Å². The molecule has 0 aliphatic heterocycles. The van der Waals surface area contributed by atoms with Crippen LogP contribution in [0.1, 0.15) is 26.7 Å². The largest absolute Gasteiger partial charge is 0.326 e. The van der Waals surface area contributed by atoms with E-state index in [1.165, 1.54) is 12.8 Å². The molecule has 0 aliphatic rings. The highest BCUT2D eigenvalue weighted by Crippen LogP contribution is 1.98. The second-order valence-electron chi connectivity index (χ2n) is 2.44. The molecule has 3 nitrogen and oxygen atoms in total. The third-order valence-corrected chi connectivity index (χ3v) is 1.17. The summed E-state index contributed by atoms with van der Waals surface area (Å²) in [5, 5.41) is 0. The van der Waals surface area contributed by atoms with Crippen molar-refractivity contribution in [2.24, 2.45) is 0 Å². The SMILES string of the molecule is CCCC.O=[PH](O)O.c1ccccc1. The van der Waals surface area contributed by atoms with Gasteiger partial charge in [0.15, 0.2) is 0 Å². The quantitative estimate of drug-likeness (QED) is 0.712. The summed E-state index contributed by atoms with van der Waals surface area (Å²) in [7, 11) is -3.13. The lowest BCUT2D eigenvalue weighted by Gasteiger charge is -1.69. The molecule has 4 heteroatoms. The summed E-state index contributed by atoms with van der Waals surface area (Å²) >= 11 is 0. The van der Waals surface area contributed by atoms with Gasteiger partial charge in [-0.25, -0.2) is 0 Å². The Kier molecular flexibility index (Phi) is 16.8. The Bertz CT molecular complexity index is 169. The van der Waals surface area contributed by atoms with Crippen molar-refractivity contribution < 1.29 is 14.4 Å². The number of unbranched alkanes of at least 4 members (excludes halogenated alkanes) is 1. The fourth-order valence-corrected chi connectivity index (χ4v) is 0.385. The van der Waals surface area contributed by atoms with Crippen LogP contribution in [0.4, 0.5) is 0 Å². The third kappa shape index (κ3) is 30.1. The maximum Gasteiger partial charge on any atom is 0.314 e. The lowest BCUT2D eigenvalue weighted by molar-refractivity contribution is 0.405. The summed E-state index contributed by atoms with van der Waals surface area (Å²) in [6.45, 7) is 4.36. The fourth-order valence-electron chi connectivity index (χ4n) is 0.385. The molecular formula is C10H19O3P. The van der Waals surface area contributed by atoms with E-state index in [1.54, 1.807) is 0 Å². The predicted molar refractivity (Wildman–Crippen MR) is 60.5 cm³/mol. The van der Waals surface area contributed by atoms with Crippen LogP contribution in [-0.4, -0.2) is 9.79 Å². The van der Waals surface area contributed by atoms with Crippen LogP contribution in [0, 0.1) is 0 Å². The van der Waals surface area contributed by atoms with Crippen molar-refractivity contribution in [3.8, 4) is 0 Å². The highest BCUT2D eigenvalue weighted by molar-refractivity contribution is 7.30. The lowest BCUT2D eigenvalue weighted by atomic mass is 10.4. The Morgan fingerprint density at radius 2 is 1.00 bits per heavy atom. The van der Waals surface area contributed by atoms with Crippen LogP contribution >= 0.6 is 8.25 Å². The van der Waals surface area contributed by atoms with Gasteiger partial charge in [-0.1, -0.05) is 63.1 Å². The van der Waals surface area contributed by atoms with E-state index in [0.717, 1.165) is 0 Å². The van der Waals surface area contributed by atoms with Crippen molar-refractivity contribution in [2.75, 3.05) is 0 Å². The molecule has 0 saturated heterocycles. The van der Waals surface area contributed by atoms with Crippen molar-refractivity contribution in [1.82, 2.24) is 0 Å². The minimum Gasteiger partial charge on any atom is -0.326 e. The molecule has 1 aromatic rings. The van der Waals surface area contributed by atoms with Gasteiger partial charge >= 0.3 is 8.25 Å². The van der Waals surface area contributed by atoms with Gasteiger partial charge < -0.3 is 9.79 Å². The monoisotopic (exact) mass is 218 g/mol. The molecule has 0 saturated carbocycles. The molecule has 1 rings (SSSR count). The molecule has 0 bridgehead atoms. The summed E-state index contributed by atoms with van der Waals surface area (Å²) in [4.78, 5) is 14.3. The maximum atomic E-state index is 8.74. The molecule has 0 aliphatic carbocycles. The van der Waals surface area contributed by atoms with E-state index in [0.29, 0.717) is 0 Å². The van der Waals surface area contributed by atoms with Gasteiger partial charge in [0.1, 0.15) is 0 Å².